The number of nitrogens with zero attached hydrogens (tertiary/aromatic N) is 1. The van der Waals surface area contributed by atoms with E-state index >= 15 is 0 Å². The second-order valence-electron chi connectivity index (χ2n) is 4.09. The summed E-state index contributed by atoms with van der Waals surface area (Å²) in [5.41, 5.74) is 0. The molecule has 0 saturated heterocycles. The van der Waals surface area contributed by atoms with E-state index in [1.54, 1.807) is 13.2 Å². The molecule has 0 aliphatic heterocycles. The van der Waals surface area contributed by atoms with Gasteiger partial charge in [-0.05, 0) is 34.5 Å². The van der Waals surface area contributed by atoms with Crippen LogP contribution in [0.4, 0.5) is 0 Å². The van der Waals surface area contributed by atoms with E-state index in [9.17, 15) is 8.42 Å². The quantitative estimate of drug-likeness (QED) is 0.676. The lowest BCUT2D eigenvalue weighted by molar-refractivity contribution is 0.189. The number of hydrogen-bond acceptors (Lipinski definition) is 4. The minimum absolute atomic E-state index is 0.0410. The van der Waals surface area contributed by atoms with Crippen molar-refractivity contribution in [1.29, 1.82) is 0 Å². The Morgan fingerprint density at radius 1 is 1.35 bits per heavy atom. The van der Waals surface area contributed by atoms with E-state index in [1.165, 1.54) is 24.5 Å². The zero-order valence-corrected chi connectivity index (χ0v) is 14.7. The van der Waals surface area contributed by atoms with Crippen LogP contribution in [0.2, 0.25) is 5.02 Å². The Morgan fingerprint density at radius 2 is 2.00 bits per heavy atom. The molecule has 0 aliphatic carbocycles. The van der Waals surface area contributed by atoms with Crippen molar-refractivity contribution in [3.05, 3.63) is 21.6 Å². The van der Waals surface area contributed by atoms with Crippen molar-refractivity contribution >= 4 is 37.6 Å². The van der Waals surface area contributed by atoms with Crippen molar-refractivity contribution in [2.24, 2.45) is 0 Å². The van der Waals surface area contributed by atoms with Crippen molar-refractivity contribution in [3.63, 3.8) is 0 Å². The molecule has 0 amide bonds. The highest BCUT2D eigenvalue weighted by molar-refractivity contribution is 9.10. The maximum absolute atomic E-state index is 12.5. The molecule has 1 aromatic rings. The highest BCUT2D eigenvalue weighted by Gasteiger charge is 2.26. The third kappa shape index (κ3) is 4.08. The lowest BCUT2D eigenvalue weighted by Gasteiger charge is -2.19. The lowest BCUT2D eigenvalue weighted by atomic mass is 10.3. The van der Waals surface area contributed by atoms with E-state index in [0.717, 1.165) is 0 Å². The maximum Gasteiger partial charge on any atom is 0.246 e. The topological polar surface area (TPSA) is 55.8 Å². The molecule has 0 unspecified atom stereocenters. The molecule has 0 N–H and O–H groups in total. The number of rotatable bonds is 7. The first-order valence-corrected chi connectivity index (χ1v) is 8.44. The molecule has 0 spiro atoms. The van der Waals surface area contributed by atoms with Crippen LogP contribution in [0.3, 0.4) is 0 Å². The average molecular weight is 387 g/mol. The van der Waals surface area contributed by atoms with Gasteiger partial charge in [-0.3, -0.25) is 0 Å². The predicted molar refractivity (Wildman–Crippen MR) is 82.0 cm³/mol. The third-order valence-electron chi connectivity index (χ3n) is 2.69. The predicted octanol–water partition coefficient (Wildman–Crippen LogP) is 2.77. The van der Waals surface area contributed by atoms with E-state index in [4.69, 9.17) is 21.1 Å². The van der Waals surface area contributed by atoms with E-state index in [2.05, 4.69) is 15.9 Å². The van der Waals surface area contributed by atoms with Gasteiger partial charge in [0, 0.05) is 32.3 Å². The molecule has 0 aromatic heterocycles. The van der Waals surface area contributed by atoms with E-state index < -0.39 is 10.0 Å². The van der Waals surface area contributed by atoms with E-state index in [-0.39, 0.29) is 10.6 Å². The molecule has 0 atom stereocenters. The summed E-state index contributed by atoms with van der Waals surface area (Å²) in [4.78, 5) is 0.0410. The van der Waals surface area contributed by atoms with Gasteiger partial charge in [0.15, 0.2) is 5.75 Å². The Bertz CT molecular complexity index is 565. The molecular weight excluding hydrogens is 370 g/mol. The Balaban J connectivity index is 3.14. The third-order valence-corrected chi connectivity index (χ3v) is 5.36. The first-order chi connectivity index (χ1) is 9.34. The van der Waals surface area contributed by atoms with Crippen molar-refractivity contribution in [2.45, 2.75) is 11.3 Å². The molecular formula is C12H17BrClNO4S. The molecule has 0 bridgehead atoms. The minimum Gasteiger partial charge on any atom is -0.494 e. The molecule has 1 aromatic carbocycles. The van der Waals surface area contributed by atoms with Gasteiger partial charge in [0.25, 0.3) is 0 Å². The molecule has 0 saturated carbocycles. The van der Waals surface area contributed by atoms with Crippen LogP contribution in [0.1, 0.15) is 6.42 Å². The van der Waals surface area contributed by atoms with Gasteiger partial charge in [0.05, 0.1) is 11.6 Å². The summed E-state index contributed by atoms with van der Waals surface area (Å²) in [5.74, 6) is 0.244. The number of methoxy groups -OCH3 is 2. The van der Waals surface area contributed by atoms with Gasteiger partial charge in [-0.25, -0.2) is 12.7 Å². The first-order valence-electron chi connectivity index (χ1n) is 5.83. The second-order valence-corrected chi connectivity index (χ2v) is 7.40. The van der Waals surface area contributed by atoms with Gasteiger partial charge in [-0.1, -0.05) is 11.6 Å². The smallest absolute Gasteiger partial charge is 0.246 e. The van der Waals surface area contributed by atoms with Crippen LogP contribution in [0.25, 0.3) is 0 Å². The maximum atomic E-state index is 12.5. The molecule has 20 heavy (non-hydrogen) atoms. The Hall–Kier alpha value is -0.340. The van der Waals surface area contributed by atoms with Gasteiger partial charge in [0.1, 0.15) is 4.90 Å². The summed E-state index contributed by atoms with van der Waals surface area (Å²) in [5, 5.41) is 0.321. The molecule has 0 heterocycles. The van der Waals surface area contributed by atoms with Gasteiger partial charge < -0.3 is 9.47 Å². The molecule has 1 rings (SSSR count). The van der Waals surface area contributed by atoms with Crippen LogP contribution >= 0.6 is 27.5 Å². The van der Waals surface area contributed by atoms with Gasteiger partial charge >= 0.3 is 0 Å². The molecule has 8 heteroatoms. The van der Waals surface area contributed by atoms with Crippen molar-refractivity contribution in [1.82, 2.24) is 4.31 Å². The fraction of sp³-hybridized carbons (Fsp3) is 0.500. The summed E-state index contributed by atoms with van der Waals surface area (Å²) in [6, 6.07) is 2.97. The Morgan fingerprint density at radius 3 is 2.55 bits per heavy atom. The number of sulfonamides is 1. The summed E-state index contributed by atoms with van der Waals surface area (Å²) >= 11 is 9.18. The standard InChI is InChI=1S/C12H17BrClNO4S/c1-15(5-4-6-18-2)20(16,17)11-8-9(14)7-10(13)12(11)19-3/h7-8H,4-6H2,1-3H3. The van der Waals surface area contributed by atoms with Crippen LogP contribution in [0.15, 0.2) is 21.5 Å². The average Bonchev–Trinajstić information content (AvgIpc) is 2.38. The van der Waals surface area contributed by atoms with Crippen molar-refractivity contribution in [2.75, 3.05) is 34.4 Å². The second kappa shape index (κ2) is 7.61. The summed E-state index contributed by atoms with van der Waals surface area (Å²) in [6.07, 6.45) is 0.607. The summed E-state index contributed by atoms with van der Waals surface area (Å²) in [7, 11) is 0.834. The number of benzene rings is 1. The molecule has 0 radical (unpaired) electrons. The summed E-state index contributed by atoms with van der Waals surface area (Å²) in [6.45, 7) is 0.847. The van der Waals surface area contributed by atoms with Gasteiger partial charge in [0.2, 0.25) is 10.0 Å². The van der Waals surface area contributed by atoms with Crippen LogP contribution in [0.5, 0.6) is 5.75 Å². The van der Waals surface area contributed by atoms with E-state index in [0.29, 0.717) is 29.1 Å². The lowest BCUT2D eigenvalue weighted by Crippen LogP contribution is -2.29. The summed E-state index contributed by atoms with van der Waals surface area (Å²) < 4.78 is 36.9. The zero-order valence-electron chi connectivity index (χ0n) is 11.5. The minimum atomic E-state index is -3.67. The van der Waals surface area contributed by atoms with Crippen LogP contribution in [-0.2, 0) is 14.8 Å². The van der Waals surface area contributed by atoms with Crippen molar-refractivity contribution in [3.8, 4) is 5.75 Å². The highest BCUT2D eigenvalue weighted by Crippen LogP contribution is 2.36. The van der Waals surface area contributed by atoms with Gasteiger partial charge in [-0.2, -0.15) is 0 Å². The first kappa shape index (κ1) is 17.7. The van der Waals surface area contributed by atoms with Crippen molar-refractivity contribution < 1.29 is 17.9 Å². The fourth-order valence-electron chi connectivity index (χ4n) is 1.65. The monoisotopic (exact) mass is 385 g/mol. The SMILES string of the molecule is COCCCN(C)S(=O)(=O)c1cc(Cl)cc(Br)c1OC. The zero-order chi connectivity index (χ0) is 15.3. The van der Waals surface area contributed by atoms with Crippen LogP contribution in [0, 0.1) is 0 Å². The normalized spacial score (nSPS) is 11.9. The number of halogens is 2. The van der Waals surface area contributed by atoms with Gasteiger partial charge in [-0.15, -0.1) is 0 Å². The molecule has 5 nitrogen and oxygen atoms in total. The Kier molecular flexibility index (Phi) is 6.74. The largest absolute Gasteiger partial charge is 0.494 e. The fourth-order valence-corrected chi connectivity index (χ4v) is 4.22. The number of ether oxygens (including phenoxy) is 2. The van der Waals surface area contributed by atoms with E-state index in [1.807, 2.05) is 0 Å². The van der Waals surface area contributed by atoms with Crippen LogP contribution in [-0.4, -0.2) is 47.1 Å². The highest BCUT2D eigenvalue weighted by atomic mass is 79.9. The van der Waals surface area contributed by atoms with Crippen LogP contribution < -0.4 is 4.74 Å². The molecule has 0 fully saturated rings. The Labute approximate surface area is 133 Å². The number of hydrogen-bond donors (Lipinski definition) is 0. The molecule has 114 valence electrons. The molecule has 0 aliphatic rings.